The van der Waals surface area contributed by atoms with Gasteiger partial charge in [-0.05, 0) is 19.9 Å². The molecule has 0 unspecified atom stereocenters. The second kappa shape index (κ2) is 3.03. The van der Waals surface area contributed by atoms with Crippen LogP contribution in [0.3, 0.4) is 0 Å². The van der Waals surface area contributed by atoms with Gasteiger partial charge >= 0.3 is 0 Å². The maximum atomic E-state index is 8.53. The third-order valence-electron chi connectivity index (χ3n) is 2.51. The van der Waals surface area contributed by atoms with E-state index in [1.807, 2.05) is 7.05 Å². The summed E-state index contributed by atoms with van der Waals surface area (Å²) in [6.07, 6.45) is 5.59. The van der Waals surface area contributed by atoms with Crippen molar-refractivity contribution in [1.29, 1.82) is 5.26 Å². The minimum absolute atomic E-state index is 0.175. The Morgan fingerprint density at radius 3 is 2.50 bits per heavy atom. The van der Waals surface area contributed by atoms with Crippen LogP contribution in [-0.4, -0.2) is 12.6 Å². The van der Waals surface area contributed by atoms with Gasteiger partial charge in [-0.1, -0.05) is 12.8 Å². The van der Waals surface area contributed by atoms with Crippen molar-refractivity contribution in [1.82, 2.24) is 5.32 Å². The van der Waals surface area contributed by atoms with Gasteiger partial charge in [0.25, 0.3) is 0 Å². The summed E-state index contributed by atoms with van der Waals surface area (Å²) in [6, 6.07) is 2.24. The highest BCUT2D eigenvalue weighted by atomic mass is 14.9. The normalized spacial score (nSPS) is 22.4. The zero-order chi connectivity index (χ0) is 7.45. The molecular weight excluding hydrogens is 124 g/mol. The molecule has 10 heavy (non-hydrogen) atoms. The highest BCUT2D eigenvalue weighted by molar-refractivity contribution is 4.97. The molecule has 1 rings (SSSR count). The maximum absolute atomic E-state index is 8.53. The molecule has 0 radical (unpaired) electrons. The van der Waals surface area contributed by atoms with Crippen molar-refractivity contribution in [2.75, 3.05) is 7.05 Å². The Hall–Kier alpha value is -0.550. The van der Waals surface area contributed by atoms with Crippen molar-refractivity contribution in [2.24, 2.45) is 0 Å². The number of nitrogens with zero attached hydrogens (tertiary/aromatic N) is 1. The highest BCUT2D eigenvalue weighted by Gasteiger charge is 2.31. The van der Waals surface area contributed by atoms with Crippen LogP contribution in [0.15, 0.2) is 0 Å². The van der Waals surface area contributed by atoms with Gasteiger partial charge in [0, 0.05) is 5.54 Å². The Morgan fingerprint density at radius 2 is 2.10 bits per heavy atom. The lowest BCUT2D eigenvalue weighted by Gasteiger charge is -2.24. The van der Waals surface area contributed by atoms with Crippen LogP contribution in [0.1, 0.15) is 32.1 Å². The van der Waals surface area contributed by atoms with Gasteiger partial charge in [-0.15, -0.1) is 0 Å². The van der Waals surface area contributed by atoms with Crippen molar-refractivity contribution >= 4 is 0 Å². The predicted molar refractivity (Wildman–Crippen MR) is 40.5 cm³/mol. The number of hydrogen-bond donors (Lipinski definition) is 1. The van der Waals surface area contributed by atoms with Crippen molar-refractivity contribution in [3.63, 3.8) is 0 Å². The number of nitrogens with one attached hydrogen (secondary N) is 1. The molecule has 2 heteroatoms. The molecule has 0 spiro atoms. The third-order valence-corrected chi connectivity index (χ3v) is 2.51. The summed E-state index contributed by atoms with van der Waals surface area (Å²) in [5.41, 5.74) is 0.175. The standard InChI is InChI=1S/C8H14N2/c1-10-8(6-7-9)4-2-3-5-8/h10H,2-6H2,1H3. The molecule has 0 aliphatic heterocycles. The number of hydrogen-bond acceptors (Lipinski definition) is 2. The van der Waals surface area contributed by atoms with E-state index in [1.165, 1.54) is 25.7 Å². The lowest BCUT2D eigenvalue weighted by Crippen LogP contribution is -2.39. The first-order valence-corrected chi connectivity index (χ1v) is 3.89. The quantitative estimate of drug-likeness (QED) is 0.626. The zero-order valence-corrected chi connectivity index (χ0v) is 6.48. The highest BCUT2D eigenvalue weighted by Crippen LogP contribution is 2.31. The van der Waals surface area contributed by atoms with Crippen LogP contribution >= 0.6 is 0 Å². The molecular formula is C8H14N2. The van der Waals surface area contributed by atoms with Crippen LogP contribution in [0, 0.1) is 11.3 Å². The Kier molecular flexibility index (Phi) is 2.29. The van der Waals surface area contributed by atoms with E-state index in [0.29, 0.717) is 6.42 Å². The minimum atomic E-state index is 0.175. The molecule has 0 aromatic rings. The van der Waals surface area contributed by atoms with Gasteiger partial charge in [-0.3, -0.25) is 0 Å². The van der Waals surface area contributed by atoms with Gasteiger partial charge < -0.3 is 5.32 Å². The van der Waals surface area contributed by atoms with Crippen LogP contribution in [-0.2, 0) is 0 Å². The van der Waals surface area contributed by atoms with Gasteiger partial charge in [-0.2, -0.15) is 5.26 Å². The van der Waals surface area contributed by atoms with E-state index in [9.17, 15) is 0 Å². The van der Waals surface area contributed by atoms with E-state index in [1.54, 1.807) is 0 Å². The van der Waals surface area contributed by atoms with Gasteiger partial charge in [0.2, 0.25) is 0 Å². The van der Waals surface area contributed by atoms with Crippen LogP contribution in [0.5, 0.6) is 0 Å². The van der Waals surface area contributed by atoms with E-state index < -0.39 is 0 Å². The first-order chi connectivity index (χ1) is 4.83. The van der Waals surface area contributed by atoms with Crippen LogP contribution in [0.25, 0.3) is 0 Å². The fraction of sp³-hybridized carbons (Fsp3) is 0.875. The largest absolute Gasteiger partial charge is 0.313 e. The molecule has 0 heterocycles. The van der Waals surface area contributed by atoms with Crippen molar-refractivity contribution < 1.29 is 0 Å². The van der Waals surface area contributed by atoms with E-state index in [2.05, 4.69) is 11.4 Å². The Balaban J connectivity index is 2.51. The third kappa shape index (κ3) is 1.30. The molecule has 0 aromatic heterocycles. The summed E-state index contributed by atoms with van der Waals surface area (Å²) in [7, 11) is 1.96. The zero-order valence-electron chi connectivity index (χ0n) is 6.48. The van der Waals surface area contributed by atoms with Crippen LogP contribution in [0.2, 0.25) is 0 Å². The van der Waals surface area contributed by atoms with Gasteiger partial charge in [0.05, 0.1) is 12.5 Å². The van der Waals surface area contributed by atoms with E-state index >= 15 is 0 Å². The molecule has 0 atom stereocenters. The Morgan fingerprint density at radius 1 is 1.50 bits per heavy atom. The lowest BCUT2D eigenvalue weighted by atomic mass is 9.94. The first kappa shape index (κ1) is 7.56. The lowest BCUT2D eigenvalue weighted by molar-refractivity contribution is 0.367. The molecule has 1 N–H and O–H groups in total. The van der Waals surface area contributed by atoms with E-state index in [0.717, 1.165) is 0 Å². The van der Waals surface area contributed by atoms with Gasteiger partial charge in [-0.25, -0.2) is 0 Å². The van der Waals surface area contributed by atoms with Crippen molar-refractivity contribution in [3.05, 3.63) is 0 Å². The molecule has 0 aromatic carbocycles. The summed E-state index contributed by atoms with van der Waals surface area (Å²) in [6.45, 7) is 0. The van der Waals surface area contributed by atoms with E-state index in [-0.39, 0.29) is 5.54 Å². The SMILES string of the molecule is CNC1(CC#N)CCCC1. The molecule has 2 nitrogen and oxygen atoms in total. The molecule has 1 aliphatic rings. The second-order valence-corrected chi connectivity index (χ2v) is 3.07. The van der Waals surface area contributed by atoms with Crippen molar-refractivity contribution in [2.45, 2.75) is 37.6 Å². The second-order valence-electron chi connectivity index (χ2n) is 3.07. The fourth-order valence-electron chi connectivity index (χ4n) is 1.72. The molecule has 1 fully saturated rings. The monoisotopic (exact) mass is 138 g/mol. The molecule has 0 bridgehead atoms. The average Bonchev–Trinajstić information content (AvgIpc) is 2.39. The summed E-state index contributed by atoms with van der Waals surface area (Å²) >= 11 is 0. The summed E-state index contributed by atoms with van der Waals surface area (Å²) in [5, 5.41) is 11.8. The molecule has 1 aliphatic carbocycles. The summed E-state index contributed by atoms with van der Waals surface area (Å²) in [4.78, 5) is 0. The first-order valence-electron chi connectivity index (χ1n) is 3.89. The van der Waals surface area contributed by atoms with Crippen LogP contribution < -0.4 is 5.32 Å². The molecule has 0 amide bonds. The fourth-order valence-corrected chi connectivity index (χ4v) is 1.72. The van der Waals surface area contributed by atoms with Crippen molar-refractivity contribution in [3.8, 4) is 6.07 Å². The predicted octanol–water partition coefficient (Wildman–Crippen LogP) is 1.43. The summed E-state index contributed by atoms with van der Waals surface area (Å²) < 4.78 is 0. The molecule has 0 saturated heterocycles. The Bertz CT molecular complexity index is 140. The summed E-state index contributed by atoms with van der Waals surface area (Å²) in [5.74, 6) is 0. The van der Waals surface area contributed by atoms with Gasteiger partial charge in [0.15, 0.2) is 0 Å². The smallest absolute Gasteiger partial charge is 0.0641 e. The van der Waals surface area contributed by atoms with Crippen LogP contribution in [0.4, 0.5) is 0 Å². The van der Waals surface area contributed by atoms with E-state index in [4.69, 9.17) is 5.26 Å². The topological polar surface area (TPSA) is 35.8 Å². The number of rotatable bonds is 2. The van der Waals surface area contributed by atoms with Gasteiger partial charge in [0.1, 0.15) is 0 Å². The Labute approximate surface area is 62.2 Å². The molecule has 56 valence electrons. The average molecular weight is 138 g/mol. The molecule has 1 saturated carbocycles. The number of nitriles is 1. The maximum Gasteiger partial charge on any atom is 0.0641 e. The minimum Gasteiger partial charge on any atom is -0.313 e.